The van der Waals surface area contributed by atoms with E-state index < -0.39 is 0 Å². The van der Waals surface area contributed by atoms with Crippen molar-refractivity contribution < 1.29 is 9.90 Å². The van der Waals surface area contributed by atoms with Gasteiger partial charge in [0.15, 0.2) is 0 Å². The molecule has 2 rings (SSSR count). The maximum atomic E-state index is 11.9. The predicted molar refractivity (Wildman–Crippen MR) is 55.3 cm³/mol. The Bertz CT molecular complexity index is 340. The van der Waals surface area contributed by atoms with Crippen molar-refractivity contribution in [3.63, 3.8) is 0 Å². The van der Waals surface area contributed by atoms with Gasteiger partial charge < -0.3 is 10.0 Å². The van der Waals surface area contributed by atoms with Crippen LogP contribution in [-0.4, -0.2) is 40.6 Å². The van der Waals surface area contributed by atoms with Crippen LogP contribution in [0.1, 0.15) is 16.8 Å². The Kier molecular flexibility index (Phi) is 2.97. The van der Waals surface area contributed by atoms with Gasteiger partial charge in [0.25, 0.3) is 5.91 Å². The second kappa shape index (κ2) is 4.40. The number of aliphatic hydroxyl groups excluding tert-OH is 1. The normalized spacial score (nSPS) is 20.6. The second-order valence-electron chi connectivity index (χ2n) is 3.82. The predicted octanol–water partition coefficient (Wildman–Crippen LogP) is 0.536. The maximum absolute atomic E-state index is 11.9. The van der Waals surface area contributed by atoms with Crippen LogP contribution in [0.5, 0.6) is 0 Å². The second-order valence-corrected chi connectivity index (χ2v) is 3.82. The first-order valence-electron chi connectivity index (χ1n) is 5.11. The van der Waals surface area contributed by atoms with Crippen LogP contribution in [0.25, 0.3) is 0 Å². The van der Waals surface area contributed by atoms with Crippen LogP contribution in [0, 0.1) is 5.92 Å². The number of hydrogen-bond donors (Lipinski definition) is 1. The van der Waals surface area contributed by atoms with E-state index in [-0.39, 0.29) is 18.4 Å². The Balaban J connectivity index is 2.04. The van der Waals surface area contributed by atoms with E-state index >= 15 is 0 Å². The molecule has 1 fully saturated rings. The number of carbonyl (C=O) groups excluding carboxylic acids is 1. The van der Waals surface area contributed by atoms with Crippen molar-refractivity contribution in [2.45, 2.75) is 6.42 Å². The number of hydrogen-bond acceptors (Lipinski definition) is 3. The largest absolute Gasteiger partial charge is 0.396 e. The van der Waals surface area contributed by atoms with Gasteiger partial charge in [-0.1, -0.05) is 0 Å². The zero-order valence-electron chi connectivity index (χ0n) is 8.47. The lowest BCUT2D eigenvalue weighted by Gasteiger charge is -2.15. The van der Waals surface area contributed by atoms with Crippen LogP contribution in [0.15, 0.2) is 24.5 Å². The summed E-state index contributed by atoms with van der Waals surface area (Å²) in [5.74, 6) is 0.282. The smallest absolute Gasteiger partial charge is 0.253 e. The molecule has 1 amide bonds. The number of nitrogens with zero attached hydrogens (tertiary/aromatic N) is 2. The highest BCUT2D eigenvalue weighted by atomic mass is 16.3. The quantitative estimate of drug-likeness (QED) is 0.768. The minimum Gasteiger partial charge on any atom is -0.396 e. The van der Waals surface area contributed by atoms with Gasteiger partial charge in [0.2, 0.25) is 0 Å². The molecule has 0 aromatic carbocycles. The number of likely N-dealkylation sites (tertiary alicyclic amines) is 1. The Morgan fingerprint density at radius 1 is 1.53 bits per heavy atom. The maximum Gasteiger partial charge on any atom is 0.253 e. The number of pyridine rings is 1. The highest BCUT2D eigenvalue weighted by Gasteiger charge is 2.26. The fourth-order valence-corrected chi connectivity index (χ4v) is 1.84. The van der Waals surface area contributed by atoms with Crippen LogP contribution in [0.3, 0.4) is 0 Å². The van der Waals surface area contributed by atoms with E-state index in [4.69, 9.17) is 5.11 Å². The van der Waals surface area contributed by atoms with Gasteiger partial charge in [0.05, 0.1) is 0 Å². The first-order chi connectivity index (χ1) is 7.31. The van der Waals surface area contributed by atoms with Crippen LogP contribution in [-0.2, 0) is 0 Å². The van der Waals surface area contributed by atoms with Crippen molar-refractivity contribution in [3.8, 4) is 0 Å². The molecule has 1 atom stereocenters. The Hall–Kier alpha value is -1.42. The number of aromatic nitrogens is 1. The summed E-state index contributed by atoms with van der Waals surface area (Å²) in [4.78, 5) is 17.6. The average molecular weight is 206 g/mol. The molecule has 2 heterocycles. The summed E-state index contributed by atoms with van der Waals surface area (Å²) in [5, 5.41) is 8.99. The van der Waals surface area contributed by atoms with E-state index in [1.165, 1.54) is 0 Å². The number of amides is 1. The molecular weight excluding hydrogens is 192 g/mol. The van der Waals surface area contributed by atoms with Crippen molar-refractivity contribution in [2.75, 3.05) is 19.7 Å². The van der Waals surface area contributed by atoms with Crippen LogP contribution < -0.4 is 0 Å². The molecule has 0 spiro atoms. The highest BCUT2D eigenvalue weighted by molar-refractivity contribution is 5.94. The van der Waals surface area contributed by atoms with Crippen molar-refractivity contribution in [1.29, 1.82) is 0 Å². The average Bonchev–Trinajstić information content (AvgIpc) is 2.78. The lowest BCUT2D eigenvalue weighted by molar-refractivity contribution is 0.0782. The summed E-state index contributed by atoms with van der Waals surface area (Å²) in [6, 6.07) is 3.43. The van der Waals surface area contributed by atoms with Gasteiger partial charge in [-0.2, -0.15) is 0 Å². The Morgan fingerprint density at radius 2 is 2.27 bits per heavy atom. The van der Waals surface area contributed by atoms with Gasteiger partial charge in [0.1, 0.15) is 0 Å². The third-order valence-corrected chi connectivity index (χ3v) is 2.76. The lowest BCUT2D eigenvalue weighted by atomic mass is 10.1. The van der Waals surface area contributed by atoms with E-state index in [0.29, 0.717) is 12.1 Å². The van der Waals surface area contributed by atoms with Crippen molar-refractivity contribution in [2.24, 2.45) is 5.92 Å². The summed E-state index contributed by atoms with van der Waals surface area (Å²) in [7, 11) is 0. The molecule has 0 saturated carbocycles. The zero-order valence-corrected chi connectivity index (χ0v) is 8.47. The van der Waals surface area contributed by atoms with E-state index in [9.17, 15) is 4.79 Å². The Morgan fingerprint density at radius 3 is 2.87 bits per heavy atom. The SMILES string of the molecule is O=C(c1ccncc1)N1CCC(CO)C1. The molecule has 0 radical (unpaired) electrons. The molecule has 4 nitrogen and oxygen atoms in total. The zero-order chi connectivity index (χ0) is 10.7. The van der Waals surface area contributed by atoms with Crippen molar-refractivity contribution in [3.05, 3.63) is 30.1 Å². The van der Waals surface area contributed by atoms with Gasteiger partial charge >= 0.3 is 0 Å². The van der Waals surface area contributed by atoms with Crippen LogP contribution >= 0.6 is 0 Å². The number of rotatable bonds is 2. The summed E-state index contributed by atoms with van der Waals surface area (Å²) < 4.78 is 0. The van der Waals surface area contributed by atoms with Gasteiger partial charge in [-0.15, -0.1) is 0 Å². The summed E-state index contributed by atoms with van der Waals surface area (Å²) in [5.41, 5.74) is 0.670. The number of carbonyl (C=O) groups is 1. The summed E-state index contributed by atoms with van der Waals surface area (Å²) in [6.07, 6.45) is 4.13. The first kappa shape index (κ1) is 10.1. The molecule has 1 N–H and O–H groups in total. The fraction of sp³-hybridized carbons (Fsp3) is 0.455. The molecule has 80 valence electrons. The highest BCUT2D eigenvalue weighted by Crippen LogP contribution is 2.17. The standard InChI is InChI=1S/C11H14N2O2/c14-8-9-3-6-13(7-9)11(15)10-1-4-12-5-2-10/h1-2,4-5,9,14H,3,6-8H2. The third kappa shape index (κ3) is 2.15. The van der Waals surface area contributed by atoms with Gasteiger partial charge in [-0.05, 0) is 18.6 Å². The Labute approximate surface area is 88.6 Å². The molecule has 1 aliphatic heterocycles. The lowest BCUT2D eigenvalue weighted by Crippen LogP contribution is -2.29. The van der Waals surface area contributed by atoms with E-state index in [1.54, 1.807) is 29.4 Å². The molecule has 1 aromatic rings. The van der Waals surface area contributed by atoms with Crippen LogP contribution in [0.4, 0.5) is 0 Å². The molecule has 1 aliphatic rings. The van der Waals surface area contributed by atoms with Crippen molar-refractivity contribution >= 4 is 5.91 Å². The topological polar surface area (TPSA) is 53.4 Å². The molecule has 4 heteroatoms. The summed E-state index contributed by atoms with van der Waals surface area (Å²) >= 11 is 0. The van der Waals surface area contributed by atoms with Crippen molar-refractivity contribution in [1.82, 2.24) is 9.88 Å². The van der Waals surface area contributed by atoms with Gasteiger partial charge in [0, 0.05) is 43.6 Å². The third-order valence-electron chi connectivity index (χ3n) is 2.76. The molecule has 1 unspecified atom stereocenters. The monoisotopic (exact) mass is 206 g/mol. The van der Waals surface area contributed by atoms with E-state index in [0.717, 1.165) is 13.0 Å². The molecule has 1 aromatic heterocycles. The first-order valence-corrected chi connectivity index (χ1v) is 5.11. The summed E-state index contributed by atoms with van der Waals surface area (Å²) in [6.45, 7) is 1.57. The molecule has 1 saturated heterocycles. The molecule has 0 aliphatic carbocycles. The molecule has 15 heavy (non-hydrogen) atoms. The minimum absolute atomic E-state index is 0.0355. The molecular formula is C11H14N2O2. The van der Waals surface area contributed by atoms with Gasteiger partial charge in [-0.25, -0.2) is 0 Å². The van der Waals surface area contributed by atoms with E-state index in [2.05, 4.69) is 4.98 Å². The van der Waals surface area contributed by atoms with Gasteiger partial charge in [-0.3, -0.25) is 9.78 Å². The van der Waals surface area contributed by atoms with Crippen LogP contribution in [0.2, 0.25) is 0 Å². The fourth-order valence-electron chi connectivity index (χ4n) is 1.84. The minimum atomic E-state index is 0.0355. The van der Waals surface area contributed by atoms with E-state index in [1.807, 2.05) is 0 Å². The number of aliphatic hydroxyl groups is 1. The molecule has 0 bridgehead atoms.